The van der Waals surface area contributed by atoms with Gasteiger partial charge in [0.1, 0.15) is 5.60 Å². The largest absolute Gasteiger partial charge is 1.00 e. The molecule has 0 amide bonds. The predicted molar refractivity (Wildman–Crippen MR) is 589 cm³/mol. The van der Waals surface area contributed by atoms with Crippen molar-refractivity contribution in [2.75, 3.05) is 25.7 Å². The molecule has 1 N–H and O–H groups in total. The molecule has 16 aliphatic carbocycles. The van der Waals surface area contributed by atoms with E-state index in [0.717, 1.165) is 64.6 Å². The molecular weight excluding hydrogens is 1890 g/mol. The van der Waals surface area contributed by atoms with Crippen molar-refractivity contribution in [3.05, 3.63) is 11.6 Å². The Morgan fingerprint density at radius 2 is 0.683 bits per heavy atom. The third kappa shape index (κ3) is 19.5. The molecule has 5 aliphatic heterocycles. The van der Waals surface area contributed by atoms with Gasteiger partial charge in [-0.1, -0.05) is 201 Å². The van der Waals surface area contributed by atoms with Gasteiger partial charge in [0.05, 0.1) is 95.9 Å². The molecular formula is C118H214AlCl2LiO16Si4. The molecule has 36 atom stereocenters. The summed E-state index contributed by atoms with van der Waals surface area (Å²) in [4.78, 5) is 0. The Morgan fingerprint density at radius 3 is 1.10 bits per heavy atom. The van der Waals surface area contributed by atoms with E-state index in [-0.39, 0.29) is 172 Å². The molecule has 816 valence electrons. The zero-order valence-corrected chi connectivity index (χ0v) is 103. The van der Waals surface area contributed by atoms with Crippen molar-refractivity contribution < 1.29 is 95.2 Å². The number of hydrogen-bond acceptors (Lipinski definition) is 16. The van der Waals surface area contributed by atoms with Gasteiger partial charge in [0.15, 0.2) is 73.8 Å². The molecule has 16 nitrogen and oxygen atoms in total. The SMILES string of the molecule is CC1(C)O[C@@H]2C3C(=CC[C@@]4(C)C3CC[C@@H]4O[Si](C)(C)C(C)(C)C)[C@@]3(C)CCCCC3[C@H]2O1.CC1(C)O[C@@H]2C3CCCC[C@]3(C)[C@@]3(O)CC[C@@]4(C)C(CC[C@@H]4O[Si](C)(C)C(C)(C)C)C3[C@H]2O1.CC1(C)O[C@@H]2C3CCCC[C@]3(C)[C@@]34O[C@@H]3C[C@@]3(C)C(CC[C@@H]3O[Si](C)(C)C(C)(C)C)C4[C@H]2O1.CCOCC.CO[C@]12CC[C@@]3(C)C(CC[C@@H]3O[Si](C)(C)C(C)(C)C)C1[C@H]1OC(C)(C)O[C@@H]1C1CCCC[C@@]12C.ClCCl.[AlH3].[H-].[Li+]. The first-order valence-corrected chi connectivity index (χ1v) is 70.6. The summed E-state index contributed by atoms with van der Waals surface area (Å²) in [6.45, 7) is 90.5. The van der Waals surface area contributed by atoms with E-state index in [1.807, 2.05) is 21.0 Å². The van der Waals surface area contributed by atoms with Crippen molar-refractivity contribution in [2.45, 2.75) is 592 Å². The number of rotatable bonds is 11. The van der Waals surface area contributed by atoms with Crippen molar-refractivity contribution in [2.24, 2.45) is 114 Å². The van der Waals surface area contributed by atoms with E-state index in [1.165, 1.54) is 141 Å². The van der Waals surface area contributed by atoms with Gasteiger partial charge >= 0.3 is 18.9 Å². The summed E-state index contributed by atoms with van der Waals surface area (Å²) in [5.74, 6) is 3.69. The minimum Gasteiger partial charge on any atom is -1.00 e. The van der Waals surface area contributed by atoms with E-state index in [4.69, 9.17) is 93.0 Å². The summed E-state index contributed by atoms with van der Waals surface area (Å²) in [7, 11) is -5.35. The summed E-state index contributed by atoms with van der Waals surface area (Å²) in [6.07, 6.45) is 42.2. The number of epoxide rings is 1. The average molecular weight is 2110 g/mol. The number of halogens is 2. The van der Waals surface area contributed by atoms with Gasteiger partial charge < -0.3 is 76.3 Å². The maximum atomic E-state index is 12.7. The van der Waals surface area contributed by atoms with Crippen LogP contribution in [0.2, 0.25) is 72.5 Å². The third-order valence-corrected chi connectivity index (χ3v) is 65.2. The topological polar surface area (TPSA) is 162 Å². The number of methoxy groups -OCH3 is 1. The number of ether oxygens (including phenoxy) is 11. The van der Waals surface area contributed by atoms with Gasteiger partial charge in [-0.15, -0.1) is 23.2 Å². The molecule has 0 bridgehead atoms. The van der Waals surface area contributed by atoms with Gasteiger partial charge in [-0.2, -0.15) is 0 Å². The van der Waals surface area contributed by atoms with Crippen molar-refractivity contribution in [3.63, 3.8) is 0 Å². The standard InChI is InChI=1S/C29H52O4Si.C28H48O4Si.C28H50O4Si.C28H48O3Si.C4H10O.CH2Cl2.Al.Li.4H/c1-25(2,3)34(9,10)33-21-15-14-19-22-24-23(31-26(4,5)32-24)20-13-11-12-16-28(20,7)29(22,30-8)18-17-27(19,21)6;1-24(2,3)33(8,9)32-19-14-13-17-21-23-22(30-25(4,5)31-23)18-12-10-11-15-27(18,7)28(21)20(29-28)16-26(17,19)6;1-24(2,3)33(8,9)32-20-14-13-18-21-23-22(30-25(4,5)31-23)19-12-10-11-15-27(19,7)28(21,29)17-16-26(18,20)6;1-25(2,3)32(8,9)31-21-14-13-18-22-19(15-17-28(18,21)7)27(6)16-11-10-12-20(27)23-24(22)30-26(4,5)29-23;1-3-5-4-2;2-1-3;;;;;;/h19-24H,11-18H2,1-10H3;17-23H,10-16H2,1-9H3;18-23,29H,10-17H2,1-9H3;15,18,20-24H,10-14,16-17H2,1-9H3;3-4H2,1-2H3;1H2;;;;;;/q;;;;;;;+1;;;;-1/t19?,20?,21-,22?,23+,24+,27-,28-,29+;17?,18?,19-,20+,21?,22+,23+,26-,27-,28+;18?,19?,20-,21?,22+,23+,26-,27-,28+;18?,20?,21-,22?,23+,24+,27+,28-;;;;;;;;/m0000......../s1. The molecule has 15 saturated carbocycles. The molecule has 0 aromatic rings. The Bertz CT molecular complexity index is 4340. The number of alkyl halides is 2. The fourth-order valence-corrected chi connectivity index (χ4v) is 41.7. The monoisotopic (exact) mass is 2100 g/mol. The summed E-state index contributed by atoms with van der Waals surface area (Å²) in [6, 6.07) is 0. The summed E-state index contributed by atoms with van der Waals surface area (Å²) >= 11 is 9.53. The first kappa shape index (κ1) is 119. The van der Waals surface area contributed by atoms with Crippen LogP contribution in [0.25, 0.3) is 0 Å². The molecule has 24 heteroatoms. The zero-order chi connectivity index (χ0) is 103. The molecule has 20 fully saturated rings. The van der Waals surface area contributed by atoms with Crippen LogP contribution < -0.4 is 18.9 Å². The first-order chi connectivity index (χ1) is 64.4. The number of allylic oxidation sites excluding steroid dienone is 1. The van der Waals surface area contributed by atoms with E-state index < -0.39 is 62.0 Å². The Labute approximate surface area is 905 Å². The molecule has 21 rings (SSSR count). The minimum absolute atomic E-state index is 0. The second kappa shape index (κ2) is 40.3. The molecule has 21 aliphatic rings. The van der Waals surface area contributed by atoms with Crippen molar-refractivity contribution >= 4 is 73.8 Å². The predicted octanol–water partition coefficient (Wildman–Crippen LogP) is 26.5. The Hall–Kier alpha value is 1.68. The number of fused-ring (bicyclic) bond motifs is 30. The van der Waals surface area contributed by atoms with E-state index in [0.29, 0.717) is 95.6 Å². The van der Waals surface area contributed by atoms with Crippen LogP contribution in [0.15, 0.2) is 11.6 Å². The van der Waals surface area contributed by atoms with Crippen LogP contribution in [0.3, 0.4) is 0 Å². The van der Waals surface area contributed by atoms with Gasteiger partial charge in [-0.3, -0.25) is 0 Å². The maximum Gasteiger partial charge on any atom is 1.00 e. The van der Waals surface area contributed by atoms with Gasteiger partial charge in [0, 0.05) is 60.2 Å². The number of aliphatic hydroxyl groups is 1. The minimum atomic E-state index is -1.87. The molecule has 142 heavy (non-hydrogen) atoms. The van der Waals surface area contributed by atoms with E-state index in [2.05, 4.69) is 252 Å². The summed E-state index contributed by atoms with van der Waals surface area (Å²) < 4.78 is 101. The van der Waals surface area contributed by atoms with E-state index >= 15 is 0 Å². The molecule has 5 saturated heterocycles. The number of hydrogen-bond donors (Lipinski definition) is 1. The maximum absolute atomic E-state index is 12.7. The van der Waals surface area contributed by atoms with Crippen molar-refractivity contribution in [3.8, 4) is 0 Å². The Morgan fingerprint density at radius 1 is 0.359 bits per heavy atom. The van der Waals surface area contributed by atoms with Crippen LogP contribution in [0.1, 0.15) is 402 Å². The van der Waals surface area contributed by atoms with Crippen LogP contribution >= 0.6 is 23.2 Å². The van der Waals surface area contributed by atoms with Gasteiger partial charge in [0.2, 0.25) is 0 Å². The van der Waals surface area contributed by atoms with Gasteiger partial charge in [0.25, 0.3) is 0 Å². The molecule has 12 unspecified atom stereocenters. The fraction of sp³-hybridized carbons (Fsp3) is 0.983. The van der Waals surface area contributed by atoms with Crippen molar-refractivity contribution in [1.29, 1.82) is 0 Å². The first-order valence-electron chi connectivity index (χ1n) is 57.9. The smallest absolute Gasteiger partial charge is 1.00 e. The normalized spacial score (nSPS) is 47.9. The molecule has 0 radical (unpaired) electrons. The molecule has 0 aromatic heterocycles. The van der Waals surface area contributed by atoms with E-state index in [1.54, 1.807) is 5.57 Å². The average Bonchev–Trinajstić information content (AvgIpc) is 1.46. The van der Waals surface area contributed by atoms with Crippen LogP contribution in [0.4, 0.5) is 0 Å². The Balaban J connectivity index is 0.000000155. The molecule has 0 aromatic carbocycles. The van der Waals surface area contributed by atoms with Crippen LogP contribution in [-0.2, 0) is 69.8 Å². The molecule has 5 heterocycles. The summed E-state index contributed by atoms with van der Waals surface area (Å²) in [5.41, 5.74) is 2.17. The van der Waals surface area contributed by atoms with E-state index in [9.17, 15) is 5.11 Å². The van der Waals surface area contributed by atoms with Crippen LogP contribution in [-0.4, -0.2) is 201 Å². The van der Waals surface area contributed by atoms with Gasteiger partial charge in [-0.25, -0.2) is 0 Å². The van der Waals surface area contributed by atoms with Gasteiger partial charge in [-0.05, 0) is 357 Å². The zero-order valence-electron chi connectivity index (χ0n) is 98.7. The quantitative estimate of drug-likeness (QED) is 0.0899. The van der Waals surface area contributed by atoms with Crippen molar-refractivity contribution in [1.82, 2.24) is 0 Å². The Kier molecular flexibility index (Phi) is 33.8. The van der Waals surface area contributed by atoms with Crippen LogP contribution in [0.5, 0.6) is 0 Å². The molecule has 1 spiro atoms. The van der Waals surface area contributed by atoms with Crippen LogP contribution in [0, 0.1) is 114 Å². The second-order valence-electron chi connectivity index (χ2n) is 60.0. The second-order valence-corrected chi connectivity index (χ2v) is 79.9. The third-order valence-electron chi connectivity index (χ3n) is 47.2. The summed E-state index contributed by atoms with van der Waals surface area (Å²) in [5, 5.41) is 13.8. The fourth-order valence-electron chi connectivity index (χ4n) is 35.9.